The molecule has 1 aliphatic rings. The number of sulfonamides is 1. The summed E-state index contributed by atoms with van der Waals surface area (Å²) in [7, 11) is -3.95. The predicted molar refractivity (Wildman–Crippen MR) is 76.2 cm³/mol. The van der Waals surface area contributed by atoms with E-state index in [9.17, 15) is 12.8 Å². The van der Waals surface area contributed by atoms with Gasteiger partial charge in [0, 0.05) is 6.04 Å². The summed E-state index contributed by atoms with van der Waals surface area (Å²) < 4.78 is 41.0. The molecule has 2 atom stereocenters. The minimum Gasteiger partial charge on any atom is -0.330 e. The van der Waals surface area contributed by atoms with Crippen molar-refractivity contribution in [2.24, 2.45) is 11.7 Å². The Hall–Kier alpha value is -1.49. The number of halogens is 1. The van der Waals surface area contributed by atoms with Crippen molar-refractivity contribution in [1.82, 2.24) is 4.72 Å². The number of nitrogens with two attached hydrogens (primary N) is 1. The van der Waals surface area contributed by atoms with Gasteiger partial charge in [-0.25, -0.2) is 17.5 Å². The minimum atomic E-state index is -3.95. The van der Waals surface area contributed by atoms with Gasteiger partial charge < -0.3 is 5.73 Å². The lowest BCUT2D eigenvalue weighted by atomic mass is 9.85. The third-order valence-electron chi connectivity index (χ3n) is 3.87. The lowest BCUT2D eigenvalue weighted by Gasteiger charge is -2.31. The van der Waals surface area contributed by atoms with Crippen molar-refractivity contribution in [1.29, 1.82) is 5.26 Å². The Morgan fingerprint density at radius 1 is 1.38 bits per heavy atom. The van der Waals surface area contributed by atoms with Crippen LogP contribution in [0, 0.1) is 23.1 Å². The van der Waals surface area contributed by atoms with E-state index in [0.717, 1.165) is 31.4 Å². The molecule has 0 amide bonds. The van der Waals surface area contributed by atoms with Crippen molar-refractivity contribution in [3.05, 3.63) is 29.6 Å². The highest BCUT2D eigenvalue weighted by atomic mass is 32.2. The van der Waals surface area contributed by atoms with Gasteiger partial charge in [-0.1, -0.05) is 12.8 Å². The van der Waals surface area contributed by atoms with Gasteiger partial charge in [0.2, 0.25) is 10.0 Å². The normalized spacial score (nSPS) is 22.7. The van der Waals surface area contributed by atoms with Crippen LogP contribution in [0.2, 0.25) is 0 Å². The summed E-state index contributed by atoms with van der Waals surface area (Å²) in [6, 6.07) is 4.85. The SMILES string of the molecule is N#Cc1ccc(S(=O)(=O)NC2CCCCC2CN)c(F)c1. The summed E-state index contributed by atoms with van der Waals surface area (Å²) in [5, 5.41) is 8.69. The summed E-state index contributed by atoms with van der Waals surface area (Å²) in [5.41, 5.74) is 5.76. The monoisotopic (exact) mass is 311 g/mol. The van der Waals surface area contributed by atoms with Crippen molar-refractivity contribution in [3.8, 4) is 6.07 Å². The highest BCUT2D eigenvalue weighted by molar-refractivity contribution is 7.89. The highest BCUT2D eigenvalue weighted by Crippen LogP contribution is 2.25. The van der Waals surface area contributed by atoms with Gasteiger partial charge in [-0.15, -0.1) is 0 Å². The lowest BCUT2D eigenvalue weighted by Crippen LogP contribution is -2.44. The fraction of sp³-hybridized carbons (Fsp3) is 0.500. The van der Waals surface area contributed by atoms with E-state index in [1.165, 1.54) is 6.07 Å². The van der Waals surface area contributed by atoms with Gasteiger partial charge in [-0.3, -0.25) is 0 Å². The second-order valence-corrected chi connectivity index (χ2v) is 6.95. The zero-order valence-corrected chi connectivity index (χ0v) is 12.4. The first-order valence-electron chi connectivity index (χ1n) is 6.90. The van der Waals surface area contributed by atoms with Gasteiger partial charge in [-0.2, -0.15) is 5.26 Å². The van der Waals surface area contributed by atoms with Crippen LogP contribution in [-0.4, -0.2) is 21.0 Å². The number of nitrogens with zero attached hydrogens (tertiary/aromatic N) is 1. The van der Waals surface area contributed by atoms with Crippen LogP contribution in [-0.2, 0) is 10.0 Å². The van der Waals surface area contributed by atoms with E-state index in [1.54, 1.807) is 6.07 Å². The van der Waals surface area contributed by atoms with E-state index in [4.69, 9.17) is 11.0 Å². The molecule has 1 aromatic carbocycles. The van der Waals surface area contributed by atoms with Crippen LogP contribution in [0.1, 0.15) is 31.2 Å². The first-order chi connectivity index (χ1) is 9.97. The maximum Gasteiger partial charge on any atom is 0.243 e. The molecule has 5 nitrogen and oxygen atoms in total. The van der Waals surface area contributed by atoms with Gasteiger partial charge in [0.25, 0.3) is 0 Å². The molecule has 1 saturated carbocycles. The summed E-state index contributed by atoms with van der Waals surface area (Å²) in [5.74, 6) is -0.836. The Balaban J connectivity index is 2.24. The second-order valence-electron chi connectivity index (χ2n) is 5.27. The standard InChI is InChI=1S/C14H18FN3O2S/c15-12-7-10(8-16)5-6-14(12)21(19,20)18-13-4-2-1-3-11(13)9-17/h5-7,11,13,18H,1-4,9,17H2. The maximum atomic E-state index is 13.9. The fourth-order valence-electron chi connectivity index (χ4n) is 2.70. The average Bonchev–Trinajstić information content (AvgIpc) is 2.47. The Kier molecular flexibility index (Phi) is 4.93. The largest absolute Gasteiger partial charge is 0.330 e. The lowest BCUT2D eigenvalue weighted by molar-refractivity contribution is 0.296. The van der Waals surface area contributed by atoms with E-state index in [-0.39, 0.29) is 17.5 Å². The number of hydrogen-bond donors (Lipinski definition) is 2. The number of hydrogen-bond acceptors (Lipinski definition) is 4. The van der Waals surface area contributed by atoms with Crippen LogP contribution in [0.15, 0.2) is 23.1 Å². The number of nitriles is 1. The molecule has 114 valence electrons. The molecule has 1 aromatic rings. The fourth-order valence-corrected chi connectivity index (χ4v) is 4.09. The molecule has 0 spiro atoms. The average molecular weight is 311 g/mol. The first kappa shape index (κ1) is 15.9. The zero-order valence-electron chi connectivity index (χ0n) is 11.5. The minimum absolute atomic E-state index is 0.0787. The van der Waals surface area contributed by atoms with E-state index < -0.39 is 20.7 Å². The number of benzene rings is 1. The van der Waals surface area contributed by atoms with Gasteiger partial charge in [0.15, 0.2) is 0 Å². The van der Waals surface area contributed by atoms with E-state index in [2.05, 4.69) is 4.72 Å². The summed E-state index contributed by atoms with van der Waals surface area (Å²) in [6.07, 6.45) is 3.55. The topological polar surface area (TPSA) is 96.0 Å². The van der Waals surface area contributed by atoms with Crippen molar-refractivity contribution in [2.75, 3.05) is 6.54 Å². The van der Waals surface area contributed by atoms with Gasteiger partial charge in [0.1, 0.15) is 10.7 Å². The molecule has 0 heterocycles. The first-order valence-corrected chi connectivity index (χ1v) is 8.38. The number of nitrogens with one attached hydrogen (secondary N) is 1. The molecule has 2 unspecified atom stereocenters. The molecule has 0 bridgehead atoms. The predicted octanol–water partition coefficient (Wildman–Crippen LogP) is 1.49. The highest BCUT2D eigenvalue weighted by Gasteiger charge is 2.29. The van der Waals surface area contributed by atoms with Crippen LogP contribution in [0.4, 0.5) is 4.39 Å². The van der Waals surface area contributed by atoms with E-state index in [0.29, 0.717) is 13.0 Å². The van der Waals surface area contributed by atoms with Crippen LogP contribution < -0.4 is 10.5 Å². The van der Waals surface area contributed by atoms with Crippen molar-refractivity contribution in [3.63, 3.8) is 0 Å². The molecule has 0 aliphatic heterocycles. The molecule has 1 aliphatic carbocycles. The maximum absolute atomic E-state index is 13.9. The molecule has 0 saturated heterocycles. The van der Waals surface area contributed by atoms with E-state index in [1.807, 2.05) is 0 Å². The third kappa shape index (κ3) is 3.59. The summed E-state index contributed by atoms with van der Waals surface area (Å²) in [6.45, 7) is 0.406. The quantitative estimate of drug-likeness (QED) is 0.880. The molecule has 2 rings (SSSR count). The third-order valence-corrected chi connectivity index (χ3v) is 5.39. The number of rotatable bonds is 4. The Morgan fingerprint density at radius 3 is 2.71 bits per heavy atom. The van der Waals surface area contributed by atoms with Gasteiger partial charge in [-0.05, 0) is 43.5 Å². The molecule has 0 aromatic heterocycles. The molecule has 7 heteroatoms. The molecular weight excluding hydrogens is 293 g/mol. The summed E-state index contributed by atoms with van der Waals surface area (Å²) in [4.78, 5) is -0.428. The van der Waals surface area contributed by atoms with Crippen LogP contribution in [0.25, 0.3) is 0 Å². The Bertz CT molecular complexity index is 655. The molecule has 21 heavy (non-hydrogen) atoms. The Morgan fingerprint density at radius 2 is 2.10 bits per heavy atom. The van der Waals surface area contributed by atoms with Crippen LogP contribution in [0.3, 0.4) is 0 Å². The summed E-state index contributed by atoms with van der Waals surface area (Å²) >= 11 is 0. The van der Waals surface area contributed by atoms with E-state index >= 15 is 0 Å². The molecular formula is C14H18FN3O2S. The van der Waals surface area contributed by atoms with Gasteiger partial charge in [0.05, 0.1) is 11.6 Å². The second kappa shape index (κ2) is 6.52. The molecule has 3 N–H and O–H groups in total. The zero-order chi connectivity index (χ0) is 15.5. The van der Waals surface area contributed by atoms with Crippen molar-refractivity contribution in [2.45, 2.75) is 36.6 Å². The Labute approximate surface area is 124 Å². The molecule has 1 fully saturated rings. The van der Waals surface area contributed by atoms with Crippen molar-refractivity contribution < 1.29 is 12.8 Å². The van der Waals surface area contributed by atoms with Crippen LogP contribution >= 0.6 is 0 Å². The smallest absolute Gasteiger partial charge is 0.243 e. The van der Waals surface area contributed by atoms with Crippen molar-refractivity contribution >= 4 is 10.0 Å². The van der Waals surface area contributed by atoms with Gasteiger partial charge >= 0.3 is 0 Å². The molecule has 0 radical (unpaired) electrons. The van der Waals surface area contributed by atoms with Crippen LogP contribution in [0.5, 0.6) is 0 Å².